The fourth-order valence-corrected chi connectivity index (χ4v) is 2.03. The third-order valence-electron chi connectivity index (χ3n) is 3.14. The fourth-order valence-electron chi connectivity index (χ4n) is 2.03. The summed E-state index contributed by atoms with van der Waals surface area (Å²) in [5.41, 5.74) is 8.18. The largest absolute Gasteiger partial charge is 0.398 e. The van der Waals surface area contributed by atoms with Crippen molar-refractivity contribution >= 4 is 11.6 Å². The molecule has 0 aromatic heterocycles. The van der Waals surface area contributed by atoms with Crippen molar-refractivity contribution in [3.63, 3.8) is 0 Å². The third-order valence-corrected chi connectivity index (χ3v) is 3.14. The summed E-state index contributed by atoms with van der Waals surface area (Å²) < 4.78 is 0. The number of hydrogen-bond acceptors (Lipinski definition) is 3. The molecule has 0 fully saturated rings. The van der Waals surface area contributed by atoms with Crippen LogP contribution < -0.4 is 5.73 Å². The Morgan fingerprint density at radius 3 is 2.47 bits per heavy atom. The van der Waals surface area contributed by atoms with Crippen LogP contribution in [0.5, 0.6) is 0 Å². The standard InChI is InChI=1S/C15H25N3O/c1-5-18(10-6-9-17(3)4)15(19)13-8-7-12(2)11-14(13)16/h7-8,11H,5-6,9-10,16H2,1-4H3. The van der Waals surface area contributed by atoms with E-state index in [1.165, 1.54) is 0 Å². The minimum absolute atomic E-state index is 0.0266. The summed E-state index contributed by atoms with van der Waals surface area (Å²) in [5, 5.41) is 0. The van der Waals surface area contributed by atoms with Gasteiger partial charge in [0.1, 0.15) is 0 Å². The molecule has 0 heterocycles. The number of carbonyl (C=O) groups excluding carboxylic acids is 1. The van der Waals surface area contributed by atoms with Gasteiger partial charge < -0.3 is 15.5 Å². The molecule has 4 heteroatoms. The number of nitrogens with zero attached hydrogens (tertiary/aromatic N) is 2. The van der Waals surface area contributed by atoms with E-state index in [1.807, 2.05) is 51.0 Å². The number of benzene rings is 1. The van der Waals surface area contributed by atoms with Crippen LogP contribution in [0.25, 0.3) is 0 Å². The van der Waals surface area contributed by atoms with Crippen LogP contribution in [0.2, 0.25) is 0 Å². The second kappa shape index (κ2) is 7.14. The second-order valence-corrected chi connectivity index (χ2v) is 5.13. The predicted octanol–water partition coefficient (Wildman–Crippen LogP) is 1.99. The summed E-state index contributed by atoms with van der Waals surface area (Å²) in [4.78, 5) is 16.4. The number of aryl methyl sites for hydroxylation is 1. The number of nitrogens with two attached hydrogens (primary N) is 1. The van der Waals surface area contributed by atoms with Crippen LogP contribution in [-0.2, 0) is 0 Å². The van der Waals surface area contributed by atoms with Crippen molar-refractivity contribution in [2.75, 3.05) is 39.5 Å². The van der Waals surface area contributed by atoms with E-state index in [-0.39, 0.29) is 5.91 Å². The van der Waals surface area contributed by atoms with Crippen molar-refractivity contribution < 1.29 is 4.79 Å². The lowest BCUT2D eigenvalue weighted by molar-refractivity contribution is 0.0760. The number of hydrogen-bond donors (Lipinski definition) is 1. The molecular weight excluding hydrogens is 238 g/mol. The van der Waals surface area contributed by atoms with Gasteiger partial charge in [-0.2, -0.15) is 0 Å². The molecule has 0 saturated carbocycles. The van der Waals surface area contributed by atoms with Gasteiger partial charge in [0.25, 0.3) is 5.91 Å². The van der Waals surface area contributed by atoms with Crippen LogP contribution in [0.4, 0.5) is 5.69 Å². The normalized spacial score (nSPS) is 10.8. The highest BCUT2D eigenvalue weighted by Crippen LogP contribution is 2.16. The minimum Gasteiger partial charge on any atom is -0.398 e. The van der Waals surface area contributed by atoms with Gasteiger partial charge in [0.2, 0.25) is 0 Å². The van der Waals surface area contributed by atoms with Crippen LogP contribution in [0.1, 0.15) is 29.3 Å². The number of anilines is 1. The molecule has 1 amide bonds. The highest BCUT2D eigenvalue weighted by atomic mass is 16.2. The van der Waals surface area contributed by atoms with E-state index in [2.05, 4.69) is 4.90 Å². The van der Waals surface area contributed by atoms with Crippen LogP contribution in [0, 0.1) is 6.92 Å². The maximum atomic E-state index is 12.4. The van der Waals surface area contributed by atoms with Crippen LogP contribution >= 0.6 is 0 Å². The Morgan fingerprint density at radius 1 is 1.26 bits per heavy atom. The Morgan fingerprint density at radius 2 is 1.95 bits per heavy atom. The van der Waals surface area contributed by atoms with Gasteiger partial charge >= 0.3 is 0 Å². The third kappa shape index (κ3) is 4.56. The highest BCUT2D eigenvalue weighted by molar-refractivity contribution is 5.99. The molecule has 0 aliphatic heterocycles. The first-order chi connectivity index (χ1) is 8.95. The maximum Gasteiger partial charge on any atom is 0.255 e. The molecule has 0 radical (unpaired) electrons. The molecule has 1 rings (SSSR count). The Balaban J connectivity index is 2.72. The van der Waals surface area contributed by atoms with Gasteiger partial charge in [0, 0.05) is 18.8 Å². The van der Waals surface area contributed by atoms with Crippen LogP contribution in [0.3, 0.4) is 0 Å². The van der Waals surface area contributed by atoms with Crippen LogP contribution in [0.15, 0.2) is 18.2 Å². The summed E-state index contributed by atoms with van der Waals surface area (Å²) in [6.45, 7) is 6.42. The van der Waals surface area contributed by atoms with E-state index < -0.39 is 0 Å². The lowest BCUT2D eigenvalue weighted by Gasteiger charge is -2.22. The first-order valence-corrected chi connectivity index (χ1v) is 6.75. The SMILES string of the molecule is CCN(CCCN(C)C)C(=O)c1ccc(C)cc1N. The summed E-state index contributed by atoms with van der Waals surface area (Å²) in [5.74, 6) is 0.0266. The summed E-state index contributed by atoms with van der Waals surface area (Å²) in [7, 11) is 4.08. The second-order valence-electron chi connectivity index (χ2n) is 5.13. The van der Waals surface area contributed by atoms with E-state index >= 15 is 0 Å². The van der Waals surface area contributed by atoms with Gasteiger partial charge in [-0.1, -0.05) is 6.07 Å². The first-order valence-electron chi connectivity index (χ1n) is 6.75. The average Bonchev–Trinajstić information content (AvgIpc) is 2.33. The van der Waals surface area contributed by atoms with Crippen LogP contribution in [-0.4, -0.2) is 49.4 Å². The molecular formula is C15H25N3O. The van der Waals surface area contributed by atoms with Crippen molar-refractivity contribution in [3.05, 3.63) is 29.3 Å². The fraction of sp³-hybridized carbons (Fsp3) is 0.533. The molecule has 0 unspecified atom stereocenters. The summed E-state index contributed by atoms with van der Waals surface area (Å²) in [6.07, 6.45) is 0.971. The van der Waals surface area contributed by atoms with Crippen molar-refractivity contribution in [1.29, 1.82) is 0 Å². The molecule has 106 valence electrons. The molecule has 0 aliphatic carbocycles. The lowest BCUT2D eigenvalue weighted by atomic mass is 10.1. The van der Waals surface area contributed by atoms with E-state index in [4.69, 9.17) is 5.73 Å². The Bertz CT molecular complexity index is 429. The maximum absolute atomic E-state index is 12.4. The zero-order valence-corrected chi connectivity index (χ0v) is 12.4. The van der Waals surface area contributed by atoms with Crippen molar-refractivity contribution in [2.24, 2.45) is 0 Å². The number of rotatable bonds is 6. The molecule has 1 aromatic rings. The molecule has 0 bridgehead atoms. The van der Waals surface area contributed by atoms with E-state index in [1.54, 1.807) is 0 Å². The van der Waals surface area contributed by atoms with Crippen molar-refractivity contribution in [1.82, 2.24) is 9.80 Å². The predicted molar refractivity (Wildman–Crippen MR) is 80.3 cm³/mol. The minimum atomic E-state index is 0.0266. The molecule has 1 aromatic carbocycles. The Hall–Kier alpha value is -1.55. The van der Waals surface area contributed by atoms with Gasteiger partial charge in [-0.05, 0) is 58.6 Å². The van der Waals surface area contributed by atoms with Crippen molar-refractivity contribution in [2.45, 2.75) is 20.3 Å². The summed E-state index contributed by atoms with van der Waals surface area (Å²) in [6, 6.07) is 5.60. The molecule has 2 N–H and O–H groups in total. The Kier molecular flexibility index (Phi) is 5.83. The highest BCUT2D eigenvalue weighted by Gasteiger charge is 2.16. The molecule has 19 heavy (non-hydrogen) atoms. The van der Waals surface area contributed by atoms with Gasteiger partial charge in [-0.25, -0.2) is 0 Å². The summed E-state index contributed by atoms with van der Waals surface area (Å²) >= 11 is 0. The first kappa shape index (κ1) is 15.5. The zero-order chi connectivity index (χ0) is 14.4. The molecule has 0 saturated heterocycles. The molecule has 4 nitrogen and oxygen atoms in total. The number of amides is 1. The number of carbonyl (C=O) groups is 1. The van der Waals surface area contributed by atoms with Gasteiger partial charge in [0.15, 0.2) is 0 Å². The quantitative estimate of drug-likeness (QED) is 0.799. The smallest absolute Gasteiger partial charge is 0.255 e. The number of nitrogen functional groups attached to an aromatic ring is 1. The van der Waals surface area contributed by atoms with Gasteiger partial charge in [-0.15, -0.1) is 0 Å². The van der Waals surface area contributed by atoms with E-state index in [0.29, 0.717) is 17.8 Å². The molecule has 0 atom stereocenters. The topological polar surface area (TPSA) is 49.6 Å². The average molecular weight is 263 g/mol. The van der Waals surface area contributed by atoms with Crippen molar-refractivity contribution in [3.8, 4) is 0 Å². The lowest BCUT2D eigenvalue weighted by Crippen LogP contribution is -2.33. The molecule has 0 aliphatic rings. The van der Waals surface area contributed by atoms with Gasteiger partial charge in [0.05, 0.1) is 5.56 Å². The van der Waals surface area contributed by atoms with E-state index in [9.17, 15) is 4.79 Å². The molecule has 0 spiro atoms. The monoisotopic (exact) mass is 263 g/mol. The van der Waals surface area contributed by atoms with Gasteiger partial charge in [-0.3, -0.25) is 4.79 Å². The zero-order valence-electron chi connectivity index (χ0n) is 12.4. The van der Waals surface area contributed by atoms with E-state index in [0.717, 1.165) is 25.1 Å². The Labute approximate surface area is 116 Å².